The van der Waals surface area contributed by atoms with Crippen molar-refractivity contribution in [3.63, 3.8) is 0 Å². The Bertz CT molecular complexity index is 234. The van der Waals surface area contributed by atoms with E-state index in [0.717, 1.165) is 0 Å². The molecule has 10 heavy (non-hydrogen) atoms. The number of carboxylic acids is 1. The van der Waals surface area contributed by atoms with Crippen LogP contribution in [0.4, 0.5) is 0 Å². The number of hydrogen-bond donors (Lipinski definition) is 1. The van der Waals surface area contributed by atoms with E-state index in [4.69, 9.17) is 5.11 Å². The molecule has 1 heterocycles. The Kier molecular flexibility index (Phi) is 4.30. The number of nitrogens with zero attached hydrogens (tertiary/aromatic N) is 2. The van der Waals surface area contributed by atoms with Crippen molar-refractivity contribution in [1.82, 2.24) is 10.1 Å². The van der Waals surface area contributed by atoms with Gasteiger partial charge < -0.3 is 9.63 Å². The molecule has 0 bridgehead atoms. The zero-order chi connectivity index (χ0) is 6.85. The molecular formula is C4H4KN2O3. The van der Waals surface area contributed by atoms with Gasteiger partial charge >= 0.3 is 5.97 Å². The second-order valence-corrected chi connectivity index (χ2v) is 1.44. The molecule has 49 valence electrons. The molecule has 0 amide bonds. The first kappa shape index (κ1) is 10.2. The average Bonchev–Trinajstić information content (AvgIpc) is 2.14. The molecular weight excluding hydrogens is 163 g/mol. The van der Waals surface area contributed by atoms with Crippen LogP contribution in [0.2, 0.25) is 0 Å². The summed E-state index contributed by atoms with van der Waals surface area (Å²) < 4.78 is 4.38. The van der Waals surface area contributed by atoms with Crippen molar-refractivity contribution in [2.24, 2.45) is 0 Å². The van der Waals surface area contributed by atoms with Crippen LogP contribution in [0.5, 0.6) is 0 Å². The number of carbonyl (C=O) groups is 1. The summed E-state index contributed by atoms with van der Waals surface area (Å²) >= 11 is 0. The summed E-state index contributed by atoms with van der Waals surface area (Å²) in [5.74, 6) is -1.22. The van der Waals surface area contributed by atoms with Gasteiger partial charge in [-0.1, -0.05) is 0 Å². The maximum Gasteiger partial charge on any atom is 0.377 e. The molecule has 0 saturated carbocycles. The van der Waals surface area contributed by atoms with Crippen LogP contribution < -0.4 is 0 Å². The van der Waals surface area contributed by atoms with E-state index < -0.39 is 5.97 Å². The molecule has 0 saturated heterocycles. The first-order chi connectivity index (χ1) is 4.20. The van der Waals surface area contributed by atoms with Crippen molar-refractivity contribution in [2.45, 2.75) is 6.92 Å². The van der Waals surface area contributed by atoms with Crippen LogP contribution >= 0.6 is 0 Å². The second-order valence-electron chi connectivity index (χ2n) is 1.44. The van der Waals surface area contributed by atoms with Crippen LogP contribution in [0.1, 0.15) is 16.5 Å². The van der Waals surface area contributed by atoms with Gasteiger partial charge in [-0.15, -0.1) is 0 Å². The Labute approximate surface area is 99.2 Å². The van der Waals surface area contributed by atoms with E-state index in [-0.39, 0.29) is 63.1 Å². The first-order valence-electron chi connectivity index (χ1n) is 2.24. The van der Waals surface area contributed by atoms with Crippen molar-refractivity contribution >= 4 is 57.4 Å². The summed E-state index contributed by atoms with van der Waals surface area (Å²) in [4.78, 5) is 13.5. The Morgan fingerprint density at radius 3 is 2.50 bits per heavy atom. The fraction of sp³-hybridized carbons (Fsp3) is 0.250. The molecule has 0 aromatic carbocycles. The third-order valence-electron chi connectivity index (χ3n) is 0.719. The molecule has 0 spiro atoms. The van der Waals surface area contributed by atoms with Crippen molar-refractivity contribution in [3.8, 4) is 0 Å². The zero-order valence-corrected chi connectivity index (χ0v) is 8.78. The summed E-state index contributed by atoms with van der Waals surface area (Å²) in [6.07, 6.45) is 0. The van der Waals surface area contributed by atoms with Gasteiger partial charge in [0.2, 0.25) is 5.89 Å². The number of rotatable bonds is 1. The Morgan fingerprint density at radius 1 is 1.70 bits per heavy atom. The molecule has 1 N–H and O–H groups in total. The minimum absolute atomic E-state index is 0. The van der Waals surface area contributed by atoms with Crippen LogP contribution in [0, 0.1) is 6.92 Å². The van der Waals surface area contributed by atoms with Crippen LogP contribution in [-0.4, -0.2) is 72.6 Å². The number of aryl methyl sites for hydroxylation is 1. The Hall–Kier alpha value is 0.246. The summed E-state index contributed by atoms with van der Waals surface area (Å²) in [6, 6.07) is 0. The van der Waals surface area contributed by atoms with Crippen molar-refractivity contribution < 1.29 is 14.4 Å². The SMILES string of the molecule is Cc1nc(C(=O)O)no1.[K]. The van der Waals surface area contributed by atoms with E-state index in [2.05, 4.69) is 14.7 Å². The molecule has 0 aliphatic rings. The normalized spacial score (nSPS) is 8.50. The van der Waals surface area contributed by atoms with Gasteiger partial charge in [-0.3, -0.25) is 0 Å². The van der Waals surface area contributed by atoms with Gasteiger partial charge in [-0.25, -0.2) is 4.79 Å². The molecule has 1 aromatic heterocycles. The molecule has 1 aromatic rings. The molecule has 0 aliphatic carbocycles. The van der Waals surface area contributed by atoms with Gasteiger partial charge in [-0.05, 0) is 5.16 Å². The summed E-state index contributed by atoms with van der Waals surface area (Å²) in [5.41, 5.74) is 0. The largest absolute Gasteiger partial charge is 0.475 e. The maximum absolute atomic E-state index is 10.0. The quantitative estimate of drug-likeness (QED) is 0.581. The summed E-state index contributed by atoms with van der Waals surface area (Å²) in [6.45, 7) is 1.53. The van der Waals surface area contributed by atoms with E-state index >= 15 is 0 Å². The number of aromatic nitrogens is 2. The van der Waals surface area contributed by atoms with Gasteiger partial charge in [0.25, 0.3) is 5.82 Å². The minimum Gasteiger partial charge on any atom is -0.475 e. The van der Waals surface area contributed by atoms with Crippen molar-refractivity contribution in [1.29, 1.82) is 0 Å². The minimum atomic E-state index is -1.17. The number of aromatic carboxylic acids is 1. The van der Waals surface area contributed by atoms with Gasteiger partial charge in [-0.2, -0.15) is 4.98 Å². The fourth-order valence-electron chi connectivity index (χ4n) is 0.386. The molecule has 0 unspecified atom stereocenters. The third kappa shape index (κ3) is 2.47. The number of carboxylic acid groups (broad SMARTS) is 1. The second kappa shape index (κ2) is 4.19. The van der Waals surface area contributed by atoms with Crippen LogP contribution in [-0.2, 0) is 0 Å². The standard InChI is InChI=1S/C4H4N2O3.K/c1-2-5-3(4(7)8)6-9-2;/h1H3,(H,7,8);. The number of hydrogen-bond acceptors (Lipinski definition) is 4. The summed E-state index contributed by atoms with van der Waals surface area (Å²) in [5, 5.41) is 11.3. The molecule has 1 rings (SSSR count). The van der Waals surface area contributed by atoms with E-state index in [0.29, 0.717) is 0 Å². The molecule has 0 fully saturated rings. The van der Waals surface area contributed by atoms with Crippen LogP contribution in [0.3, 0.4) is 0 Å². The Balaban J connectivity index is 0.000000810. The van der Waals surface area contributed by atoms with Crippen LogP contribution in [0.25, 0.3) is 0 Å². The van der Waals surface area contributed by atoms with E-state index in [1.54, 1.807) is 0 Å². The first-order valence-corrected chi connectivity index (χ1v) is 2.24. The van der Waals surface area contributed by atoms with E-state index in [1.807, 2.05) is 0 Å². The van der Waals surface area contributed by atoms with E-state index in [1.165, 1.54) is 6.92 Å². The topological polar surface area (TPSA) is 76.2 Å². The Morgan fingerprint density at radius 2 is 2.30 bits per heavy atom. The molecule has 0 atom stereocenters. The van der Waals surface area contributed by atoms with Gasteiger partial charge in [0, 0.05) is 58.3 Å². The zero-order valence-electron chi connectivity index (χ0n) is 5.66. The average molecular weight is 167 g/mol. The predicted octanol–water partition coefficient (Wildman–Crippen LogP) is -0.305. The van der Waals surface area contributed by atoms with Gasteiger partial charge in [0.1, 0.15) is 0 Å². The molecule has 1 radical (unpaired) electrons. The summed E-state index contributed by atoms with van der Waals surface area (Å²) in [7, 11) is 0. The van der Waals surface area contributed by atoms with E-state index in [9.17, 15) is 4.79 Å². The fourth-order valence-corrected chi connectivity index (χ4v) is 0.386. The monoisotopic (exact) mass is 167 g/mol. The molecule has 5 nitrogen and oxygen atoms in total. The van der Waals surface area contributed by atoms with Gasteiger partial charge in [0.15, 0.2) is 0 Å². The van der Waals surface area contributed by atoms with Crippen LogP contribution in [0.15, 0.2) is 4.52 Å². The molecule has 6 heteroatoms. The van der Waals surface area contributed by atoms with Crippen molar-refractivity contribution in [2.75, 3.05) is 0 Å². The maximum atomic E-state index is 10.0. The molecule has 0 aliphatic heterocycles. The third-order valence-corrected chi connectivity index (χ3v) is 0.719. The smallest absolute Gasteiger partial charge is 0.377 e. The predicted molar refractivity (Wildman–Crippen MR) is 31.7 cm³/mol. The van der Waals surface area contributed by atoms with Crippen molar-refractivity contribution in [3.05, 3.63) is 11.7 Å². The van der Waals surface area contributed by atoms with Gasteiger partial charge in [0.05, 0.1) is 0 Å².